The van der Waals surface area contributed by atoms with Crippen molar-refractivity contribution in [2.75, 3.05) is 13.2 Å². The Balaban J connectivity index is 1.91. The van der Waals surface area contributed by atoms with Crippen molar-refractivity contribution in [3.63, 3.8) is 0 Å². The summed E-state index contributed by atoms with van der Waals surface area (Å²) < 4.78 is 11.2. The summed E-state index contributed by atoms with van der Waals surface area (Å²) >= 11 is 1.34. The molecule has 1 aliphatic carbocycles. The van der Waals surface area contributed by atoms with Gasteiger partial charge in [0.2, 0.25) is 23.1 Å². The molecule has 0 radical (unpaired) electrons. The van der Waals surface area contributed by atoms with Crippen LogP contribution in [-0.4, -0.2) is 29.7 Å². The molecule has 0 bridgehead atoms. The summed E-state index contributed by atoms with van der Waals surface area (Å²) in [4.78, 5) is 37.8. The third-order valence-electron chi connectivity index (χ3n) is 4.28. The maximum absolute atomic E-state index is 13.1. The van der Waals surface area contributed by atoms with Crippen LogP contribution in [0.2, 0.25) is 0 Å². The Morgan fingerprint density at radius 1 is 0.833 bits per heavy atom. The van der Waals surface area contributed by atoms with Crippen LogP contribution in [0.5, 0.6) is 0 Å². The van der Waals surface area contributed by atoms with Crippen molar-refractivity contribution < 1.29 is 24.0 Å². The Morgan fingerprint density at radius 2 is 1.37 bits per heavy atom. The van der Waals surface area contributed by atoms with Gasteiger partial charge in [-0.05, 0) is 43.2 Å². The first-order valence-electron chi connectivity index (χ1n) is 9.61. The van der Waals surface area contributed by atoms with Gasteiger partial charge in [0, 0.05) is 33.1 Å². The Bertz CT molecular complexity index is 1010. The minimum Gasteiger partial charge on any atom is -0.486 e. The number of Topliss-reactive ketones (excluding diaryl/α,β-unsaturated/α-hetero) is 2. The fraction of sp³-hybridized carbons (Fsp3) is 0.273. The van der Waals surface area contributed by atoms with E-state index < -0.39 is 4.92 Å². The third-order valence-corrected chi connectivity index (χ3v) is 5.28. The first-order chi connectivity index (χ1) is 14.5. The van der Waals surface area contributed by atoms with Crippen molar-refractivity contribution in [3.05, 3.63) is 75.2 Å². The smallest absolute Gasteiger partial charge is 0.269 e. The van der Waals surface area contributed by atoms with Crippen LogP contribution < -0.4 is 0 Å². The van der Waals surface area contributed by atoms with Crippen LogP contribution in [0.3, 0.4) is 0 Å². The average Bonchev–Trinajstić information content (AvgIpc) is 2.75. The number of benzene rings is 2. The number of ketones is 2. The normalized spacial score (nSPS) is 13.3. The van der Waals surface area contributed by atoms with E-state index >= 15 is 0 Å². The lowest BCUT2D eigenvalue weighted by Gasteiger charge is -2.21. The molecule has 1 aliphatic rings. The van der Waals surface area contributed by atoms with E-state index in [1.807, 2.05) is 13.8 Å². The van der Waals surface area contributed by atoms with Crippen LogP contribution in [0.4, 0.5) is 5.69 Å². The van der Waals surface area contributed by atoms with Crippen LogP contribution in [0.25, 0.3) is 0 Å². The number of non-ortho nitro benzene ring substituents is 1. The number of ether oxygens (including phenoxy) is 2. The van der Waals surface area contributed by atoms with E-state index in [0.717, 1.165) is 9.79 Å². The molecule has 2 aromatic rings. The third kappa shape index (κ3) is 4.54. The van der Waals surface area contributed by atoms with Gasteiger partial charge in [-0.15, -0.1) is 0 Å². The molecule has 0 N–H and O–H groups in total. The fourth-order valence-corrected chi connectivity index (χ4v) is 3.72. The minimum absolute atomic E-state index is 0.00743. The number of hydrogen-bond acceptors (Lipinski definition) is 7. The Morgan fingerprint density at radius 3 is 1.90 bits per heavy atom. The maximum Gasteiger partial charge on any atom is 0.269 e. The van der Waals surface area contributed by atoms with Gasteiger partial charge in [-0.25, -0.2) is 0 Å². The Kier molecular flexibility index (Phi) is 6.89. The van der Waals surface area contributed by atoms with Crippen molar-refractivity contribution >= 4 is 29.0 Å². The molecule has 0 saturated carbocycles. The summed E-state index contributed by atoms with van der Waals surface area (Å²) in [7, 11) is 0. The average molecular weight is 427 g/mol. The SMILES string of the molecule is CCCOC1=C(OCCC)C(=O)c2cc(Sc3ccc([N+](=O)[O-])cc3)ccc2C1=O. The van der Waals surface area contributed by atoms with E-state index in [1.54, 1.807) is 30.3 Å². The first kappa shape index (κ1) is 21.6. The highest BCUT2D eigenvalue weighted by Crippen LogP contribution is 2.34. The molecule has 0 amide bonds. The number of allylic oxidation sites excluding steroid dienone is 2. The van der Waals surface area contributed by atoms with Gasteiger partial charge in [0.15, 0.2) is 0 Å². The van der Waals surface area contributed by atoms with Crippen molar-refractivity contribution in [1.82, 2.24) is 0 Å². The van der Waals surface area contributed by atoms with Crippen LogP contribution in [0.15, 0.2) is 63.8 Å². The predicted octanol–water partition coefficient (Wildman–Crippen LogP) is 5.19. The largest absolute Gasteiger partial charge is 0.486 e. The second-order valence-corrected chi connectivity index (χ2v) is 7.72. The molecule has 8 heteroatoms. The zero-order valence-electron chi connectivity index (χ0n) is 16.7. The van der Waals surface area contributed by atoms with Gasteiger partial charge in [0.1, 0.15) is 0 Å². The highest BCUT2D eigenvalue weighted by atomic mass is 32.2. The monoisotopic (exact) mass is 427 g/mol. The van der Waals surface area contributed by atoms with E-state index in [-0.39, 0.29) is 39.9 Å². The van der Waals surface area contributed by atoms with Crippen molar-refractivity contribution in [2.45, 2.75) is 36.5 Å². The Labute approximate surface area is 178 Å². The molecule has 0 heterocycles. The van der Waals surface area contributed by atoms with Crippen molar-refractivity contribution in [1.29, 1.82) is 0 Å². The van der Waals surface area contributed by atoms with E-state index in [1.165, 1.54) is 23.9 Å². The lowest BCUT2D eigenvalue weighted by Crippen LogP contribution is -2.25. The lowest BCUT2D eigenvalue weighted by atomic mass is 9.92. The molecule has 156 valence electrons. The second kappa shape index (κ2) is 9.58. The van der Waals surface area contributed by atoms with E-state index in [0.29, 0.717) is 26.1 Å². The number of fused-ring (bicyclic) bond motifs is 1. The molecule has 0 aromatic heterocycles. The fourth-order valence-electron chi connectivity index (χ4n) is 2.87. The molecule has 7 nitrogen and oxygen atoms in total. The minimum atomic E-state index is -0.458. The first-order valence-corrected chi connectivity index (χ1v) is 10.4. The predicted molar refractivity (Wildman–Crippen MR) is 112 cm³/mol. The summed E-state index contributed by atoms with van der Waals surface area (Å²) in [5, 5.41) is 10.8. The molecule has 2 aromatic carbocycles. The van der Waals surface area contributed by atoms with E-state index in [2.05, 4.69) is 0 Å². The number of nitro groups is 1. The maximum atomic E-state index is 13.1. The van der Waals surface area contributed by atoms with Gasteiger partial charge in [0.25, 0.3) is 5.69 Å². The number of carbonyl (C=O) groups excluding carboxylic acids is 2. The van der Waals surface area contributed by atoms with Gasteiger partial charge >= 0.3 is 0 Å². The molecule has 0 spiro atoms. The molecular formula is C22H21NO6S. The van der Waals surface area contributed by atoms with E-state index in [4.69, 9.17) is 9.47 Å². The topological polar surface area (TPSA) is 95.7 Å². The van der Waals surface area contributed by atoms with Gasteiger partial charge in [-0.2, -0.15) is 0 Å². The van der Waals surface area contributed by atoms with Gasteiger partial charge < -0.3 is 9.47 Å². The number of rotatable bonds is 9. The van der Waals surface area contributed by atoms with Crippen LogP contribution >= 0.6 is 11.8 Å². The quantitative estimate of drug-likeness (QED) is 0.401. The van der Waals surface area contributed by atoms with E-state index in [9.17, 15) is 19.7 Å². The van der Waals surface area contributed by atoms with Crippen LogP contribution in [0, 0.1) is 10.1 Å². The molecule has 0 aliphatic heterocycles. The molecule has 0 fully saturated rings. The summed E-state index contributed by atoms with van der Waals surface area (Å²) in [5.41, 5.74) is 0.554. The number of nitro benzene ring substituents is 1. The number of nitrogens with zero attached hydrogens (tertiary/aromatic N) is 1. The summed E-state index contributed by atoms with van der Waals surface area (Å²) in [6.07, 6.45) is 1.39. The van der Waals surface area contributed by atoms with Crippen LogP contribution in [-0.2, 0) is 9.47 Å². The van der Waals surface area contributed by atoms with Gasteiger partial charge in [-0.3, -0.25) is 19.7 Å². The Hall–Kier alpha value is -3.13. The number of carbonyl (C=O) groups is 2. The second-order valence-electron chi connectivity index (χ2n) is 6.57. The molecular weight excluding hydrogens is 406 g/mol. The van der Waals surface area contributed by atoms with Gasteiger partial charge in [-0.1, -0.05) is 25.6 Å². The van der Waals surface area contributed by atoms with Crippen LogP contribution in [0.1, 0.15) is 47.4 Å². The highest BCUT2D eigenvalue weighted by molar-refractivity contribution is 7.99. The molecule has 3 rings (SSSR count). The summed E-state index contributed by atoms with van der Waals surface area (Å²) in [5.74, 6) is -0.815. The summed E-state index contributed by atoms with van der Waals surface area (Å²) in [6.45, 7) is 4.45. The van der Waals surface area contributed by atoms with Crippen molar-refractivity contribution in [2.24, 2.45) is 0 Å². The number of hydrogen-bond donors (Lipinski definition) is 0. The molecule has 0 atom stereocenters. The van der Waals surface area contributed by atoms with Gasteiger partial charge in [0.05, 0.1) is 18.1 Å². The zero-order chi connectivity index (χ0) is 21.7. The molecule has 0 unspecified atom stereocenters. The molecule has 0 saturated heterocycles. The zero-order valence-corrected chi connectivity index (χ0v) is 17.5. The molecule has 30 heavy (non-hydrogen) atoms. The standard InChI is InChI=1S/C22H21NO6S/c1-3-11-28-21-19(24)17-10-9-16(13-18(17)20(25)22(21)29-12-4-2)30-15-7-5-14(6-8-15)23(26)27/h5-10,13H,3-4,11-12H2,1-2H3. The lowest BCUT2D eigenvalue weighted by molar-refractivity contribution is -0.384. The highest BCUT2D eigenvalue weighted by Gasteiger charge is 2.35. The van der Waals surface area contributed by atoms with Crippen molar-refractivity contribution in [3.8, 4) is 0 Å². The summed E-state index contributed by atoms with van der Waals surface area (Å²) in [6, 6.07) is 11.1.